The quantitative estimate of drug-likeness (QED) is 0.437. The van der Waals surface area contributed by atoms with E-state index in [1.54, 1.807) is 0 Å². The summed E-state index contributed by atoms with van der Waals surface area (Å²) in [5.41, 5.74) is 7.14. The molecule has 0 spiro atoms. The zero-order valence-electron chi connectivity index (χ0n) is 9.60. The molecule has 92 valence electrons. The molecule has 0 aliphatic rings. The minimum Gasteiger partial charge on any atom is -0.370 e. The largest absolute Gasteiger partial charge is 0.370 e. The first kappa shape index (κ1) is 13.5. The second-order valence-electron chi connectivity index (χ2n) is 3.60. The third-order valence-corrected chi connectivity index (χ3v) is 2.75. The van der Waals surface area contributed by atoms with Gasteiger partial charge in [-0.3, -0.25) is 16.1 Å². The van der Waals surface area contributed by atoms with Crippen LogP contribution in [0.2, 0.25) is 0 Å². The van der Waals surface area contributed by atoms with E-state index in [4.69, 9.17) is 16.6 Å². The van der Waals surface area contributed by atoms with E-state index in [0.29, 0.717) is 0 Å². The molecule has 1 rings (SSSR count). The summed E-state index contributed by atoms with van der Waals surface area (Å²) in [5, 5.41) is 19.7. The van der Waals surface area contributed by atoms with Gasteiger partial charge < -0.3 is 11.1 Å². The Morgan fingerprint density at radius 1 is 1.41 bits per heavy atom. The van der Waals surface area contributed by atoms with Crippen molar-refractivity contribution in [3.8, 4) is 0 Å². The van der Waals surface area contributed by atoms with Crippen molar-refractivity contribution < 1.29 is 0 Å². The molecule has 5 nitrogen and oxygen atoms in total. The summed E-state index contributed by atoms with van der Waals surface area (Å²) in [6.07, 6.45) is 2.13. The summed E-state index contributed by atoms with van der Waals surface area (Å²) < 4.78 is 0.888. The van der Waals surface area contributed by atoms with E-state index in [1.165, 1.54) is 5.56 Å². The molecule has 0 saturated heterocycles. The minimum absolute atomic E-state index is 0.0264. The number of hydrogen-bond acceptors (Lipinski definition) is 2. The van der Waals surface area contributed by atoms with Gasteiger partial charge in [-0.2, -0.15) is 0 Å². The Hall–Kier alpha value is -1.56. The Labute approximate surface area is 109 Å². The molecule has 0 atom stereocenters. The van der Waals surface area contributed by atoms with Gasteiger partial charge in [0.15, 0.2) is 11.9 Å². The number of benzene rings is 1. The Morgan fingerprint density at radius 3 is 2.65 bits per heavy atom. The first-order valence-corrected chi connectivity index (χ1v) is 6.07. The maximum absolute atomic E-state index is 7.52. The van der Waals surface area contributed by atoms with Gasteiger partial charge in [0.05, 0.1) is 5.69 Å². The van der Waals surface area contributed by atoms with Crippen molar-refractivity contribution in [2.45, 2.75) is 19.8 Å². The van der Waals surface area contributed by atoms with Crippen molar-refractivity contribution >= 4 is 33.5 Å². The van der Waals surface area contributed by atoms with Crippen LogP contribution in [0.1, 0.15) is 18.9 Å². The Bertz CT molecular complexity index is 430. The summed E-state index contributed by atoms with van der Waals surface area (Å²) in [6, 6.07) is 5.93. The number of rotatable bonds is 3. The molecule has 1 aromatic carbocycles. The third kappa shape index (κ3) is 4.44. The van der Waals surface area contributed by atoms with Crippen LogP contribution >= 0.6 is 15.9 Å². The Morgan fingerprint density at radius 2 is 2.12 bits per heavy atom. The summed E-state index contributed by atoms with van der Waals surface area (Å²) in [6.45, 7) is 2.13. The van der Waals surface area contributed by atoms with Crippen molar-refractivity contribution in [2.75, 3.05) is 5.32 Å². The highest BCUT2D eigenvalue weighted by molar-refractivity contribution is 9.10. The molecule has 0 heterocycles. The van der Waals surface area contributed by atoms with E-state index in [-0.39, 0.29) is 11.9 Å². The number of anilines is 1. The van der Waals surface area contributed by atoms with E-state index in [1.807, 2.05) is 18.2 Å². The number of aryl methyl sites for hydroxylation is 1. The zero-order valence-corrected chi connectivity index (χ0v) is 11.2. The van der Waals surface area contributed by atoms with Gasteiger partial charge in [-0.15, -0.1) is 0 Å². The average Bonchev–Trinajstić information content (AvgIpc) is 2.21. The van der Waals surface area contributed by atoms with Crippen LogP contribution in [0.5, 0.6) is 0 Å². The van der Waals surface area contributed by atoms with E-state index >= 15 is 0 Å². The first-order valence-electron chi connectivity index (χ1n) is 5.28. The molecule has 0 aliphatic heterocycles. The lowest BCUT2D eigenvalue weighted by molar-refractivity contribution is 0.921. The molecule has 0 aliphatic carbocycles. The number of nitrogens with two attached hydrogens (primary N) is 1. The van der Waals surface area contributed by atoms with E-state index < -0.39 is 0 Å². The van der Waals surface area contributed by atoms with Crippen LogP contribution in [0, 0.1) is 10.8 Å². The summed E-state index contributed by atoms with van der Waals surface area (Å²) in [7, 11) is 0. The summed E-state index contributed by atoms with van der Waals surface area (Å²) in [4.78, 5) is 0. The van der Waals surface area contributed by atoms with Gasteiger partial charge in [0, 0.05) is 4.47 Å². The smallest absolute Gasteiger partial charge is 0.199 e. The van der Waals surface area contributed by atoms with Crippen molar-refractivity contribution in [2.24, 2.45) is 5.73 Å². The molecule has 6 heteroatoms. The van der Waals surface area contributed by atoms with Crippen molar-refractivity contribution in [1.29, 1.82) is 10.8 Å². The molecule has 0 radical (unpaired) electrons. The van der Waals surface area contributed by atoms with Gasteiger partial charge in [-0.05, 0) is 40.0 Å². The lowest BCUT2D eigenvalue weighted by Crippen LogP contribution is -2.39. The first-order chi connectivity index (χ1) is 8.02. The molecular formula is C11H16BrN5. The molecule has 0 aromatic heterocycles. The molecule has 0 fully saturated rings. The van der Waals surface area contributed by atoms with Crippen LogP contribution in [0.25, 0.3) is 0 Å². The number of guanidine groups is 2. The highest BCUT2D eigenvalue weighted by Gasteiger charge is 2.04. The predicted octanol–water partition coefficient (Wildman–Crippen LogP) is 2.23. The van der Waals surface area contributed by atoms with Crippen LogP contribution in [0.3, 0.4) is 0 Å². The number of nitrogens with one attached hydrogen (secondary N) is 4. The molecule has 1 aromatic rings. The Balaban J connectivity index is 2.72. The molecule has 0 amide bonds. The van der Waals surface area contributed by atoms with E-state index in [0.717, 1.165) is 23.0 Å². The molecule has 0 saturated carbocycles. The number of hydrogen-bond donors (Lipinski definition) is 5. The second-order valence-corrected chi connectivity index (χ2v) is 4.46. The van der Waals surface area contributed by atoms with Crippen molar-refractivity contribution in [1.82, 2.24) is 5.32 Å². The third-order valence-electron chi connectivity index (χ3n) is 2.09. The monoisotopic (exact) mass is 297 g/mol. The van der Waals surface area contributed by atoms with Gasteiger partial charge in [0.2, 0.25) is 0 Å². The lowest BCUT2D eigenvalue weighted by Gasteiger charge is -2.11. The SMILES string of the molecule is CCCc1ccc(NC(=N)NC(=N)N)c(Br)c1. The van der Waals surface area contributed by atoms with Gasteiger partial charge >= 0.3 is 0 Å². The topological polar surface area (TPSA) is 97.8 Å². The van der Waals surface area contributed by atoms with Gasteiger partial charge in [-0.1, -0.05) is 19.4 Å². The highest BCUT2D eigenvalue weighted by atomic mass is 79.9. The predicted molar refractivity (Wildman–Crippen MR) is 74.5 cm³/mol. The lowest BCUT2D eigenvalue weighted by atomic mass is 10.1. The number of halogens is 1. The molecule has 0 bridgehead atoms. The van der Waals surface area contributed by atoms with E-state index in [9.17, 15) is 0 Å². The van der Waals surface area contributed by atoms with Gasteiger partial charge in [0.25, 0.3) is 0 Å². The molecule has 17 heavy (non-hydrogen) atoms. The van der Waals surface area contributed by atoms with E-state index in [2.05, 4.69) is 33.5 Å². The van der Waals surface area contributed by atoms with Gasteiger partial charge in [0.1, 0.15) is 0 Å². The molecule has 0 unspecified atom stereocenters. The fraction of sp³-hybridized carbons (Fsp3) is 0.273. The summed E-state index contributed by atoms with van der Waals surface area (Å²) >= 11 is 3.44. The second kappa shape index (κ2) is 6.24. The average molecular weight is 298 g/mol. The van der Waals surface area contributed by atoms with Crippen molar-refractivity contribution in [3.63, 3.8) is 0 Å². The fourth-order valence-corrected chi connectivity index (χ4v) is 1.93. The van der Waals surface area contributed by atoms with Crippen LogP contribution in [-0.4, -0.2) is 11.9 Å². The minimum atomic E-state index is -0.263. The molecular weight excluding hydrogens is 282 g/mol. The van der Waals surface area contributed by atoms with Crippen LogP contribution in [-0.2, 0) is 6.42 Å². The normalized spacial score (nSPS) is 9.76. The molecule has 6 N–H and O–H groups in total. The van der Waals surface area contributed by atoms with Crippen LogP contribution in [0.4, 0.5) is 5.69 Å². The van der Waals surface area contributed by atoms with Gasteiger partial charge in [-0.25, -0.2) is 0 Å². The standard InChI is InChI=1S/C11H16BrN5/c1-2-3-7-4-5-9(8(12)6-7)16-11(15)17-10(13)14/h4-6H,2-3H2,1H3,(H6,13,14,15,16,17). The maximum atomic E-state index is 7.52. The summed E-state index contributed by atoms with van der Waals surface area (Å²) in [5.74, 6) is -0.289. The zero-order chi connectivity index (χ0) is 12.8. The fourth-order valence-electron chi connectivity index (χ4n) is 1.40. The van der Waals surface area contributed by atoms with Crippen LogP contribution in [0.15, 0.2) is 22.7 Å². The van der Waals surface area contributed by atoms with Crippen LogP contribution < -0.4 is 16.4 Å². The maximum Gasteiger partial charge on any atom is 0.199 e. The highest BCUT2D eigenvalue weighted by Crippen LogP contribution is 2.24. The van der Waals surface area contributed by atoms with Crippen molar-refractivity contribution in [3.05, 3.63) is 28.2 Å². The Kier molecular flexibility index (Phi) is 4.96.